The molecular formula is C32H27F2N7O2. The molecule has 43 heavy (non-hydrogen) atoms. The summed E-state index contributed by atoms with van der Waals surface area (Å²) < 4.78 is 34.1. The van der Waals surface area contributed by atoms with Crippen LogP contribution in [0.1, 0.15) is 48.7 Å². The standard InChI is InChI=1S/C32H27F2N7O2/c1-31(2,3)43-30(42)41-27-9-6-20(14-24(27)19-38-41)5-8-25-10-12-35-28(39-25)26-11-13-36-29(40-26)37-18-21-4-7-22-16-32(33,34)17-23(22)15-21/h4,6-7,9-15,19H,16-18H2,1-3H3,(H,36,37,40). The molecule has 0 saturated carbocycles. The highest BCUT2D eigenvalue weighted by Gasteiger charge is 2.37. The lowest BCUT2D eigenvalue weighted by molar-refractivity contribution is 0.0130. The molecule has 0 saturated heterocycles. The molecule has 0 atom stereocenters. The number of rotatable bonds is 4. The van der Waals surface area contributed by atoms with Gasteiger partial charge in [0, 0.05) is 42.7 Å². The van der Waals surface area contributed by atoms with Crippen molar-refractivity contribution >= 4 is 22.9 Å². The van der Waals surface area contributed by atoms with Crippen LogP contribution in [0.25, 0.3) is 22.4 Å². The predicted octanol–water partition coefficient (Wildman–Crippen LogP) is 5.81. The zero-order valence-electron chi connectivity index (χ0n) is 23.7. The smallest absolute Gasteiger partial charge is 0.435 e. The second-order valence-corrected chi connectivity index (χ2v) is 11.3. The number of nitrogens with zero attached hydrogens (tertiary/aromatic N) is 6. The van der Waals surface area contributed by atoms with Gasteiger partial charge in [-0.05, 0) is 73.7 Å². The Kier molecular flexibility index (Phi) is 7.05. The normalized spacial score (nSPS) is 13.7. The van der Waals surface area contributed by atoms with Gasteiger partial charge in [-0.25, -0.2) is 33.5 Å². The fourth-order valence-electron chi connectivity index (χ4n) is 4.74. The lowest BCUT2D eigenvalue weighted by Crippen LogP contribution is -2.27. The van der Waals surface area contributed by atoms with Gasteiger partial charge in [0.15, 0.2) is 5.82 Å². The number of halogens is 2. The highest BCUT2D eigenvalue weighted by molar-refractivity contribution is 5.88. The SMILES string of the molecule is CC(C)(C)OC(=O)n1ncc2cc(C#Cc3ccnc(-c4ccnc(NCc5ccc6c(c5)CC(F)(F)C6)n4)n3)ccc21. The quantitative estimate of drug-likeness (QED) is 0.266. The van der Waals surface area contributed by atoms with E-state index in [0.29, 0.717) is 46.3 Å². The predicted molar refractivity (Wildman–Crippen MR) is 157 cm³/mol. The van der Waals surface area contributed by atoms with Crippen molar-refractivity contribution in [1.29, 1.82) is 0 Å². The third kappa shape index (κ3) is 6.48. The van der Waals surface area contributed by atoms with Gasteiger partial charge < -0.3 is 10.1 Å². The van der Waals surface area contributed by atoms with Crippen LogP contribution in [-0.4, -0.2) is 47.3 Å². The van der Waals surface area contributed by atoms with Gasteiger partial charge in [-0.2, -0.15) is 9.78 Å². The van der Waals surface area contributed by atoms with Crippen molar-refractivity contribution in [2.45, 2.75) is 51.7 Å². The summed E-state index contributed by atoms with van der Waals surface area (Å²) in [7, 11) is 0. The zero-order valence-corrected chi connectivity index (χ0v) is 23.7. The number of aromatic nitrogens is 6. The van der Waals surface area contributed by atoms with Crippen molar-refractivity contribution in [1.82, 2.24) is 29.7 Å². The maximum atomic E-state index is 13.7. The van der Waals surface area contributed by atoms with E-state index < -0.39 is 17.6 Å². The minimum absolute atomic E-state index is 0.207. The Bertz CT molecular complexity index is 1920. The summed E-state index contributed by atoms with van der Waals surface area (Å²) in [5, 5.41) is 8.07. The second kappa shape index (κ2) is 10.9. The number of hydrogen-bond donors (Lipinski definition) is 1. The molecule has 1 N–H and O–H groups in total. The summed E-state index contributed by atoms with van der Waals surface area (Å²) >= 11 is 0. The summed E-state index contributed by atoms with van der Waals surface area (Å²) in [5.41, 5.74) is 3.96. The minimum Gasteiger partial charge on any atom is -0.442 e. The van der Waals surface area contributed by atoms with Crippen LogP contribution in [0.5, 0.6) is 0 Å². The number of alkyl halides is 2. The Labute approximate surface area is 246 Å². The fraction of sp³-hybridized carbons (Fsp3) is 0.250. The van der Waals surface area contributed by atoms with E-state index >= 15 is 0 Å². The number of nitrogens with one attached hydrogen (secondary N) is 1. The lowest BCUT2D eigenvalue weighted by Gasteiger charge is -2.19. The number of ether oxygens (including phenoxy) is 1. The van der Waals surface area contributed by atoms with Gasteiger partial charge >= 0.3 is 6.09 Å². The monoisotopic (exact) mass is 579 g/mol. The molecular weight excluding hydrogens is 552 g/mol. The van der Waals surface area contributed by atoms with Crippen molar-refractivity contribution in [3.63, 3.8) is 0 Å². The second-order valence-electron chi connectivity index (χ2n) is 11.3. The van der Waals surface area contributed by atoms with Crippen LogP contribution in [0.4, 0.5) is 19.5 Å². The summed E-state index contributed by atoms with van der Waals surface area (Å²) in [5.74, 6) is 4.22. The first-order valence-corrected chi connectivity index (χ1v) is 13.6. The third-order valence-electron chi connectivity index (χ3n) is 6.63. The van der Waals surface area contributed by atoms with Gasteiger partial charge in [0.25, 0.3) is 5.92 Å². The average Bonchev–Trinajstić information content (AvgIpc) is 3.53. The Morgan fingerprint density at radius 1 is 1.00 bits per heavy atom. The highest BCUT2D eigenvalue weighted by atomic mass is 19.3. The molecule has 2 aromatic carbocycles. The van der Waals surface area contributed by atoms with Crippen molar-refractivity contribution < 1.29 is 18.3 Å². The summed E-state index contributed by atoms with van der Waals surface area (Å²) in [6.45, 7) is 5.79. The number of hydrogen-bond acceptors (Lipinski definition) is 8. The van der Waals surface area contributed by atoms with Gasteiger partial charge in [0.2, 0.25) is 5.95 Å². The third-order valence-corrected chi connectivity index (χ3v) is 6.63. The molecule has 0 aliphatic heterocycles. The molecule has 0 radical (unpaired) electrons. The summed E-state index contributed by atoms with van der Waals surface area (Å²) in [6, 6.07) is 14.2. The lowest BCUT2D eigenvalue weighted by atomic mass is 10.1. The molecule has 6 rings (SSSR count). The summed E-state index contributed by atoms with van der Waals surface area (Å²) in [4.78, 5) is 30.1. The van der Waals surface area contributed by atoms with E-state index in [0.717, 1.165) is 16.5 Å². The van der Waals surface area contributed by atoms with Crippen molar-refractivity contribution in [2.75, 3.05) is 5.32 Å². The largest absolute Gasteiger partial charge is 0.442 e. The number of carbonyl (C=O) groups excluding carboxylic acids is 1. The molecule has 3 heterocycles. The topological polar surface area (TPSA) is 108 Å². The molecule has 216 valence electrons. The van der Waals surface area contributed by atoms with Crippen LogP contribution >= 0.6 is 0 Å². The number of benzene rings is 2. The van der Waals surface area contributed by atoms with Gasteiger partial charge in [-0.1, -0.05) is 24.1 Å². The van der Waals surface area contributed by atoms with E-state index in [-0.39, 0.29) is 12.8 Å². The van der Waals surface area contributed by atoms with Crippen LogP contribution in [0.3, 0.4) is 0 Å². The van der Waals surface area contributed by atoms with E-state index in [1.165, 1.54) is 4.68 Å². The van der Waals surface area contributed by atoms with Crippen LogP contribution in [-0.2, 0) is 24.1 Å². The van der Waals surface area contributed by atoms with E-state index in [9.17, 15) is 13.6 Å². The molecule has 0 fully saturated rings. The Hall–Kier alpha value is -5.24. The van der Waals surface area contributed by atoms with Crippen molar-refractivity contribution in [3.05, 3.63) is 95.1 Å². The molecule has 1 aliphatic carbocycles. The molecule has 0 amide bonds. The minimum atomic E-state index is -2.67. The van der Waals surface area contributed by atoms with Crippen LogP contribution in [0.2, 0.25) is 0 Å². The van der Waals surface area contributed by atoms with Crippen molar-refractivity contribution in [3.8, 4) is 23.4 Å². The van der Waals surface area contributed by atoms with Gasteiger partial charge in [-0.15, -0.1) is 0 Å². The van der Waals surface area contributed by atoms with Gasteiger partial charge in [-0.3, -0.25) is 0 Å². The Morgan fingerprint density at radius 2 is 1.81 bits per heavy atom. The van der Waals surface area contributed by atoms with Crippen LogP contribution in [0.15, 0.2) is 67.1 Å². The highest BCUT2D eigenvalue weighted by Crippen LogP contribution is 2.34. The number of fused-ring (bicyclic) bond motifs is 2. The molecule has 9 nitrogen and oxygen atoms in total. The van der Waals surface area contributed by atoms with E-state index in [2.05, 4.69) is 42.2 Å². The first-order chi connectivity index (χ1) is 20.5. The average molecular weight is 580 g/mol. The first-order valence-electron chi connectivity index (χ1n) is 13.6. The van der Waals surface area contributed by atoms with E-state index in [4.69, 9.17) is 4.74 Å². The zero-order chi connectivity index (χ0) is 30.2. The maximum absolute atomic E-state index is 13.7. The maximum Gasteiger partial charge on any atom is 0.435 e. The summed E-state index contributed by atoms with van der Waals surface area (Å²) in [6.07, 6.45) is 3.82. The molecule has 0 bridgehead atoms. The molecule has 3 aromatic heterocycles. The number of anilines is 1. The Balaban J connectivity index is 1.15. The molecule has 0 spiro atoms. The van der Waals surface area contributed by atoms with E-state index in [1.54, 1.807) is 69.7 Å². The van der Waals surface area contributed by atoms with Crippen LogP contribution in [0, 0.1) is 11.8 Å². The van der Waals surface area contributed by atoms with Crippen LogP contribution < -0.4 is 5.32 Å². The molecule has 11 heteroatoms. The molecule has 0 unspecified atom stereocenters. The Morgan fingerprint density at radius 3 is 2.65 bits per heavy atom. The van der Waals surface area contributed by atoms with Gasteiger partial charge in [0.05, 0.1) is 11.7 Å². The van der Waals surface area contributed by atoms with Gasteiger partial charge in [0.1, 0.15) is 17.0 Å². The van der Waals surface area contributed by atoms with Crippen molar-refractivity contribution in [2.24, 2.45) is 0 Å². The molecule has 5 aromatic rings. The number of carbonyl (C=O) groups is 1. The van der Waals surface area contributed by atoms with E-state index in [1.807, 2.05) is 18.2 Å². The molecule has 1 aliphatic rings. The first kappa shape index (κ1) is 27.9. The fourth-order valence-corrected chi connectivity index (χ4v) is 4.74.